The van der Waals surface area contributed by atoms with Crippen LogP contribution in [0.15, 0.2) is 42.5 Å². The minimum absolute atomic E-state index is 0. The van der Waals surface area contributed by atoms with Gasteiger partial charge in [-0.25, -0.2) is 18.6 Å². The summed E-state index contributed by atoms with van der Waals surface area (Å²) in [5.41, 5.74) is 0.428. The largest absolute Gasteiger partial charge is 0.477 e. The normalized spacial score (nSPS) is 11.0. The van der Waals surface area contributed by atoms with Crippen LogP contribution in [-0.4, -0.2) is 26.0 Å². The van der Waals surface area contributed by atoms with E-state index < -0.39 is 23.3 Å². The van der Waals surface area contributed by atoms with Crippen LogP contribution >= 0.6 is 0 Å². The van der Waals surface area contributed by atoms with E-state index in [0.29, 0.717) is 11.4 Å². The molecule has 0 radical (unpaired) electrons. The van der Waals surface area contributed by atoms with Gasteiger partial charge in [0, 0.05) is 32.2 Å². The van der Waals surface area contributed by atoms with Crippen LogP contribution in [0.4, 0.5) is 8.78 Å². The summed E-state index contributed by atoms with van der Waals surface area (Å²) in [6, 6.07) is 13.1. The van der Waals surface area contributed by atoms with Gasteiger partial charge in [-0.1, -0.05) is 29.8 Å². The Bertz CT molecular complexity index is 996. The summed E-state index contributed by atoms with van der Waals surface area (Å²) in [6.45, 7) is 3.66. The average Bonchev–Trinajstić information content (AvgIpc) is 2.62. The molecule has 3 heterocycles. The third-order valence-electron chi connectivity index (χ3n) is 4.00. The summed E-state index contributed by atoms with van der Waals surface area (Å²) in [7, 11) is 0. The van der Waals surface area contributed by atoms with Gasteiger partial charge in [0.25, 0.3) is 0 Å². The minimum Gasteiger partial charge on any atom is -0.477 e. The molecule has 0 bridgehead atoms. The van der Waals surface area contributed by atoms with E-state index in [4.69, 9.17) is 5.11 Å². The SMILES string of the molecule is CC(C)(c1cccc(C(=O)O)n1)c1cccc(-c2[c-]cc(F)nc2F)n1.[Pt]. The standard InChI is InChI=1S/C19H14F2N3O2.Pt/c1-19(2,15-8-4-6-13(23-15)18(25)26)14-7-3-5-12(22-14)11-9-10-16(20)24-17(11)21;/h3-8,10H,1-2H3,(H,25,26);/q-1;. The fraction of sp³-hybridized carbons (Fsp3) is 0.158. The van der Waals surface area contributed by atoms with Crippen molar-refractivity contribution in [1.82, 2.24) is 15.0 Å². The molecule has 1 N–H and O–H groups in total. The molecule has 0 unspecified atom stereocenters. The first-order chi connectivity index (χ1) is 12.3. The number of hydrogen-bond acceptors (Lipinski definition) is 4. The van der Waals surface area contributed by atoms with E-state index in [1.807, 2.05) is 13.8 Å². The number of hydrogen-bond donors (Lipinski definition) is 1. The molecule has 0 spiro atoms. The quantitative estimate of drug-likeness (QED) is 0.398. The van der Waals surface area contributed by atoms with Crippen molar-refractivity contribution in [3.63, 3.8) is 0 Å². The second-order valence-corrected chi connectivity index (χ2v) is 6.14. The molecule has 0 fully saturated rings. The van der Waals surface area contributed by atoms with Crippen LogP contribution in [0.25, 0.3) is 11.3 Å². The van der Waals surface area contributed by atoms with Crippen molar-refractivity contribution in [2.24, 2.45) is 0 Å². The maximum Gasteiger partial charge on any atom is 0.354 e. The van der Waals surface area contributed by atoms with E-state index in [0.717, 1.165) is 6.07 Å². The Morgan fingerprint density at radius 3 is 2.30 bits per heavy atom. The minimum atomic E-state index is -1.13. The van der Waals surface area contributed by atoms with Crippen molar-refractivity contribution in [3.05, 3.63) is 77.5 Å². The van der Waals surface area contributed by atoms with Crippen LogP contribution < -0.4 is 0 Å². The van der Waals surface area contributed by atoms with Gasteiger partial charge in [0.15, 0.2) is 0 Å². The van der Waals surface area contributed by atoms with Gasteiger partial charge in [-0.15, -0.1) is 6.07 Å². The van der Waals surface area contributed by atoms with Gasteiger partial charge in [0.1, 0.15) is 17.6 Å². The molecule has 0 saturated carbocycles. The number of carbonyl (C=O) groups is 1. The number of halogens is 2. The second kappa shape index (κ2) is 8.01. The Labute approximate surface area is 168 Å². The van der Waals surface area contributed by atoms with E-state index in [9.17, 15) is 13.6 Å². The predicted octanol–water partition coefficient (Wildman–Crippen LogP) is 3.64. The maximum absolute atomic E-state index is 13.9. The van der Waals surface area contributed by atoms with E-state index in [1.165, 1.54) is 6.07 Å². The van der Waals surface area contributed by atoms with Crippen LogP contribution in [0, 0.1) is 18.0 Å². The summed E-state index contributed by atoms with van der Waals surface area (Å²) in [4.78, 5) is 22.9. The Morgan fingerprint density at radius 2 is 1.67 bits per heavy atom. The molecule has 0 amide bonds. The van der Waals surface area contributed by atoms with E-state index >= 15 is 0 Å². The fourth-order valence-electron chi connectivity index (χ4n) is 2.51. The number of aromatic nitrogens is 3. The zero-order chi connectivity index (χ0) is 18.9. The van der Waals surface area contributed by atoms with E-state index in [2.05, 4.69) is 21.0 Å². The summed E-state index contributed by atoms with van der Waals surface area (Å²) in [5, 5.41) is 9.13. The second-order valence-electron chi connectivity index (χ2n) is 6.14. The number of pyridine rings is 3. The molecule has 3 rings (SSSR count). The van der Waals surface area contributed by atoms with Crippen molar-refractivity contribution < 1.29 is 39.7 Å². The van der Waals surface area contributed by atoms with Gasteiger partial charge in [-0.2, -0.15) is 0 Å². The van der Waals surface area contributed by atoms with Crippen LogP contribution in [0.1, 0.15) is 35.7 Å². The van der Waals surface area contributed by atoms with Gasteiger partial charge in [-0.05, 0) is 37.7 Å². The van der Waals surface area contributed by atoms with Crippen molar-refractivity contribution in [2.75, 3.05) is 0 Å². The van der Waals surface area contributed by atoms with Crippen molar-refractivity contribution in [2.45, 2.75) is 19.3 Å². The summed E-state index contributed by atoms with van der Waals surface area (Å²) < 4.78 is 26.9. The van der Waals surface area contributed by atoms with Gasteiger partial charge >= 0.3 is 5.97 Å². The molecule has 0 aliphatic carbocycles. The number of carboxylic acid groups (broad SMARTS) is 1. The zero-order valence-corrected chi connectivity index (χ0v) is 16.6. The monoisotopic (exact) mass is 549 g/mol. The summed E-state index contributed by atoms with van der Waals surface area (Å²) in [6.07, 6.45) is 0. The van der Waals surface area contributed by atoms with E-state index in [1.54, 1.807) is 30.3 Å². The molecule has 3 aromatic rings. The van der Waals surface area contributed by atoms with Crippen LogP contribution in [-0.2, 0) is 26.5 Å². The van der Waals surface area contributed by atoms with Crippen LogP contribution in [0.5, 0.6) is 0 Å². The first kappa shape index (κ1) is 20.8. The number of carboxylic acids is 1. The number of rotatable bonds is 4. The Kier molecular flexibility index (Phi) is 6.16. The molecule has 0 aliphatic rings. The Balaban J connectivity index is 0.00000261. The molecular weight excluding hydrogens is 535 g/mol. The van der Waals surface area contributed by atoms with Crippen molar-refractivity contribution in [3.8, 4) is 11.3 Å². The maximum atomic E-state index is 13.9. The molecular formula is C19H14F2N3O2Pt-. The Morgan fingerprint density at radius 1 is 1.04 bits per heavy atom. The third kappa shape index (κ3) is 4.25. The topological polar surface area (TPSA) is 76.0 Å². The first-order valence-corrected chi connectivity index (χ1v) is 7.71. The zero-order valence-electron chi connectivity index (χ0n) is 14.3. The molecule has 142 valence electrons. The van der Waals surface area contributed by atoms with Gasteiger partial charge in [-0.3, -0.25) is 4.98 Å². The smallest absolute Gasteiger partial charge is 0.354 e. The fourth-order valence-corrected chi connectivity index (χ4v) is 2.51. The van der Waals surface area contributed by atoms with Gasteiger partial charge in [0.05, 0.1) is 5.69 Å². The number of nitrogens with zero attached hydrogens (tertiary/aromatic N) is 3. The van der Waals surface area contributed by atoms with Crippen molar-refractivity contribution in [1.29, 1.82) is 0 Å². The first-order valence-electron chi connectivity index (χ1n) is 7.71. The molecule has 0 aromatic carbocycles. The van der Waals surface area contributed by atoms with Crippen LogP contribution in [0.2, 0.25) is 0 Å². The van der Waals surface area contributed by atoms with E-state index in [-0.39, 0.29) is 38.0 Å². The molecule has 8 heteroatoms. The molecule has 5 nitrogen and oxygen atoms in total. The van der Waals surface area contributed by atoms with Crippen molar-refractivity contribution >= 4 is 5.97 Å². The molecule has 3 aromatic heterocycles. The van der Waals surface area contributed by atoms with Gasteiger partial charge in [0.2, 0.25) is 0 Å². The molecule has 27 heavy (non-hydrogen) atoms. The predicted molar refractivity (Wildman–Crippen MR) is 89.5 cm³/mol. The summed E-state index contributed by atoms with van der Waals surface area (Å²) >= 11 is 0. The molecule has 0 saturated heterocycles. The van der Waals surface area contributed by atoms with Crippen LogP contribution in [0.3, 0.4) is 0 Å². The molecule has 0 atom stereocenters. The van der Waals surface area contributed by atoms with Gasteiger partial charge < -0.3 is 10.1 Å². The third-order valence-corrected chi connectivity index (χ3v) is 4.00. The Hall–Kier alpha value is -2.53. The summed E-state index contributed by atoms with van der Waals surface area (Å²) in [5.74, 6) is -3.09. The number of aromatic carboxylic acids is 1. The molecule has 0 aliphatic heterocycles. The average molecular weight is 549 g/mol.